The van der Waals surface area contributed by atoms with Gasteiger partial charge in [0, 0.05) is 17.0 Å². The van der Waals surface area contributed by atoms with E-state index in [1.54, 1.807) is 7.11 Å². The van der Waals surface area contributed by atoms with Gasteiger partial charge in [-0.25, -0.2) is 0 Å². The summed E-state index contributed by atoms with van der Waals surface area (Å²) in [5.41, 5.74) is 2.93. The molecule has 1 N–H and O–H groups in total. The van der Waals surface area contributed by atoms with Crippen molar-refractivity contribution in [3.8, 4) is 17.0 Å². The molecule has 0 spiro atoms. The Morgan fingerprint density at radius 3 is 2.69 bits per heavy atom. The van der Waals surface area contributed by atoms with Gasteiger partial charge in [0.15, 0.2) is 0 Å². The molecule has 0 fully saturated rings. The highest BCUT2D eigenvalue weighted by atomic mass is 79.9. The normalized spacial score (nSPS) is 15.5. The largest absolute Gasteiger partial charge is 0.496 e. The Bertz CT molecular complexity index is 1360. The summed E-state index contributed by atoms with van der Waals surface area (Å²) >= 11 is 3.53. The first-order valence-electron chi connectivity index (χ1n) is 9.98. The van der Waals surface area contributed by atoms with Gasteiger partial charge in [0.05, 0.1) is 18.4 Å². The molecule has 0 radical (unpaired) electrons. The Morgan fingerprint density at radius 1 is 1.12 bits per heavy atom. The first-order chi connectivity index (χ1) is 15.6. The van der Waals surface area contributed by atoms with E-state index in [4.69, 9.17) is 9.47 Å². The fourth-order valence-corrected chi connectivity index (χ4v) is 4.28. The lowest BCUT2D eigenvalue weighted by atomic mass is 10.0. The number of amides is 1. The van der Waals surface area contributed by atoms with Gasteiger partial charge in [0.25, 0.3) is 5.90 Å². The number of H-pyrrole nitrogens is 1. The maximum Gasteiger partial charge on any atom is 0.259 e. The van der Waals surface area contributed by atoms with E-state index in [0.29, 0.717) is 23.0 Å². The minimum absolute atomic E-state index is 0.226. The zero-order valence-electron chi connectivity index (χ0n) is 17.4. The Hall–Kier alpha value is -3.65. The van der Waals surface area contributed by atoms with Crippen molar-refractivity contribution in [3.63, 3.8) is 0 Å². The average molecular weight is 491 g/mol. The van der Waals surface area contributed by atoms with Crippen molar-refractivity contribution in [2.24, 2.45) is 5.10 Å². The van der Waals surface area contributed by atoms with Gasteiger partial charge in [-0.05, 0) is 29.0 Å². The van der Waals surface area contributed by atoms with E-state index in [9.17, 15) is 4.79 Å². The van der Waals surface area contributed by atoms with Gasteiger partial charge < -0.3 is 9.47 Å². The maximum atomic E-state index is 12.3. The number of nitrogens with one attached hydrogen (secondary N) is 1. The van der Waals surface area contributed by atoms with Crippen molar-refractivity contribution in [2.75, 3.05) is 7.11 Å². The van der Waals surface area contributed by atoms with E-state index in [1.165, 1.54) is 11.9 Å². The highest BCUT2D eigenvalue weighted by Gasteiger charge is 2.35. The Labute approximate surface area is 192 Å². The predicted octanol–water partition coefficient (Wildman–Crippen LogP) is 5.24. The molecule has 0 saturated heterocycles. The maximum absolute atomic E-state index is 12.3. The number of aromatic nitrogens is 2. The zero-order chi connectivity index (χ0) is 22.2. The second-order valence-corrected chi connectivity index (χ2v) is 8.15. The highest BCUT2D eigenvalue weighted by Crippen LogP contribution is 2.38. The Morgan fingerprint density at radius 2 is 1.91 bits per heavy atom. The first-order valence-corrected chi connectivity index (χ1v) is 10.8. The number of fused-ring (bicyclic) bond motifs is 1. The minimum atomic E-state index is -0.670. The van der Waals surface area contributed by atoms with Crippen LogP contribution in [0, 0.1) is 0 Å². The number of methoxy groups -OCH3 is 1. The van der Waals surface area contributed by atoms with E-state index in [2.05, 4.69) is 31.2 Å². The molecule has 1 aliphatic rings. The number of halogens is 1. The minimum Gasteiger partial charge on any atom is -0.496 e. The number of hydrazone groups is 1. The number of nitrogens with zero attached hydrogens (tertiary/aromatic N) is 3. The zero-order valence-corrected chi connectivity index (χ0v) is 19.0. The number of carbonyl (C=O) groups excluding carboxylic acids is 1. The molecular formula is C24H19BrN4O3. The quantitative estimate of drug-likeness (QED) is 0.424. The highest BCUT2D eigenvalue weighted by molar-refractivity contribution is 9.10. The van der Waals surface area contributed by atoms with Crippen LogP contribution in [0.3, 0.4) is 0 Å². The summed E-state index contributed by atoms with van der Waals surface area (Å²) in [6, 6.07) is 21.4. The van der Waals surface area contributed by atoms with Gasteiger partial charge in [-0.1, -0.05) is 64.5 Å². The van der Waals surface area contributed by atoms with Crippen molar-refractivity contribution in [3.05, 3.63) is 82.5 Å². The summed E-state index contributed by atoms with van der Waals surface area (Å²) in [5, 5.41) is 15.4. The van der Waals surface area contributed by atoms with Gasteiger partial charge in [-0.3, -0.25) is 9.89 Å². The van der Waals surface area contributed by atoms with E-state index in [-0.39, 0.29) is 5.91 Å². The number of hydrogen-bond acceptors (Lipinski definition) is 5. The van der Waals surface area contributed by atoms with Crippen LogP contribution < -0.4 is 4.74 Å². The van der Waals surface area contributed by atoms with Gasteiger partial charge in [-0.2, -0.15) is 10.1 Å². The van der Waals surface area contributed by atoms with Gasteiger partial charge in [0.2, 0.25) is 12.1 Å². The van der Waals surface area contributed by atoms with Crippen molar-refractivity contribution < 1.29 is 14.3 Å². The molecular weight excluding hydrogens is 472 g/mol. The third-order valence-electron chi connectivity index (χ3n) is 5.31. The molecule has 32 heavy (non-hydrogen) atoms. The van der Waals surface area contributed by atoms with Crippen LogP contribution in [0.15, 0.2) is 76.3 Å². The summed E-state index contributed by atoms with van der Waals surface area (Å²) in [5.74, 6) is 0.780. The summed E-state index contributed by atoms with van der Waals surface area (Å²) in [6.45, 7) is 1.46. The van der Waals surface area contributed by atoms with Crippen molar-refractivity contribution in [2.45, 2.75) is 13.2 Å². The summed E-state index contributed by atoms with van der Waals surface area (Å²) in [6.07, 6.45) is -0.670. The Balaban J connectivity index is 1.55. The van der Waals surface area contributed by atoms with E-state index in [1.807, 2.05) is 66.7 Å². The summed E-state index contributed by atoms with van der Waals surface area (Å²) in [7, 11) is 1.64. The molecule has 4 aromatic rings. The second kappa shape index (κ2) is 8.12. The summed E-state index contributed by atoms with van der Waals surface area (Å²) in [4.78, 5) is 12.3. The summed E-state index contributed by atoms with van der Waals surface area (Å²) < 4.78 is 12.5. The van der Waals surface area contributed by atoms with Crippen molar-refractivity contribution in [1.29, 1.82) is 0 Å². The number of benzene rings is 3. The molecule has 2 heterocycles. The second-order valence-electron chi connectivity index (χ2n) is 7.29. The van der Waals surface area contributed by atoms with Crippen LogP contribution in [-0.2, 0) is 9.53 Å². The number of aromatic amines is 1. The van der Waals surface area contributed by atoms with Crippen LogP contribution in [-0.4, -0.2) is 34.1 Å². The molecule has 160 valence electrons. The smallest absolute Gasteiger partial charge is 0.259 e. The standard InChI is InChI=1S/C24H19BrN4O3/c1-14(30)29-24(17-9-5-6-10-18(17)25)32-23(28-29)20-13-19(26-27-20)22-16-8-4-3-7-15(16)11-12-21(22)31-2/h3-13,24H,1-2H3,(H,26,27). The van der Waals surface area contributed by atoms with Crippen LogP contribution in [0.4, 0.5) is 0 Å². The molecule has 5 rings (SSSR count). The van der Waals surface area contributed by atoms with Gasteiger partial charge in [-0.15, -0.1) is 5.10 Å². The molecule has 7 nitrogen and oxygen atoms in total. The number of ether oxygens (including phenoxy) is 2. The molecule has 1 atom stereocenters. The van der Waals surface area contributed by atoms with Crippen LogP contribution in [0.1, 0.15) is 24.4 Å². The SMILES string of the molecule is COc1ccc2ccccc2c1-c1cc(C2=NN(C(C)=O)C(c3ccccc3Br)O2)[nH]n1. The topological polar surface area (TPSA) is 79.8 Å². The number of rotatable bonds is 4. The predicted molar refractivity (Wildman–Crippen MR) is 125 cm³/mol. The molecule has 8 heteroatoms. The lowest BCUT2D eigenvalue weighted by Gasteiger charge is -2.20. The van der Waals surface area contributed by atoms with Gasteiger partial charge >= 0.3 is 0 Å². The molecule has 1 aliphatic heterocycles. The van der Waals surface area contributed by atoms with Crippen LogP contribution in [0.2, 0.25) is 0 Å². The van der Waals surface area contributed by atoms with Crippen LogP contribution >= 0.6 is 15.9 Å². The molecule has 1 amide bonds. The third-order valence-corrected chi connectivity index (χ3v) is 6.04. The van der Waals surface area contributed by atoms with Crippen LogP contribution in [0.25, 0.3) is 22.0 Å². The lowest BCUT2D eigenvalue weighted by Crippen LogP contribution is -2.25. The first kappa shape index (κ1) is 20.3. The van der Waals surface area contributed by atoms with E-state index < -0.39 is 6.23 Å². The molecule has 3 aromatic carbocycles. The molecule has 0 saturated carbocycles. The fraction of sp³-hybridized carbons (Fsp3) is 0.125. The fourth-order valence-electron chi connectivity index (χ4n) is 3.80. The molecule has 1 aromatic heterocycles. The average Bonchev–Trinajstić information content (AvgIpc) is 3.46. The lowest BCUT2D eigenvalue weighted by molar-refractivity contribution is -0.135. The number of hydrogen-bond donors (Lipinski definition) is 1. The third kappa shape index (κ3) is 3.42. The molecule has 0 aliphatic carbocycles. The van der Waals surface area contributed by atoms with Crippen LogP contribution in [0.5, 0.6) is 5.75 Å². The van der Waals surface area contributed by atoms with E-state index in [0.717, 1.165) is 26.4 Å². The monoisotopic (exact) mass is 490 g/mol. The molecule has 0 bridgehead atoms. The Kier molecular flexibility index (Phi) is 5.14. The van der Waals surface area contributed by atoms with Gasteiger partial charge in [0.1, 0.15) is 11.4 Å². The number of carbonyl (C=O) groups is 1. The van der Waals surface area contributed by atoms with Crippen molar-refractivity contribution >= 4 is 38.5 Å². The van der Waals surface area contributed by atoms with Crippen molar-refractivity contribution in [1.82, 2.24) is 15.2 Å². The molecule has 1 unspecified atom stereocenters. The van der Waals surface area contributed by atoms with E-state index >= 15 is 0 Å².